The quantitative estimate of drug-likeness (QED) is 0.813. The van der Waals surface area contributed by atoms with E-state index in [0.717, 1.165) is 51.1 Å². The van der Waals surface area contributed by atoms with Crippen molar-refractivity contribution >= 4 is 5.91 Å². The smallest absolute Gasteiger partial charge is 0.273 e. The molecule has 2 aliphatic rings. The van der Waals surface area contributed by atoms with Crippen LogP contribution in [0.2, 0.25) is 0 Å². The molecule has 0 bridgehead atoms. The number of nitrogens with zero attached hydrogens (tertiary/aromatic N) is 5. The van der Waals surface area contributed by atoms with Crippen molar-refractivity contribution in [2.75, 3.05) is 19.6 Å². The average molecular weight is 343 g/mol. The molecule has 1 aliphatic heterocycles. The molecule has 0 saturated carbocycles. The van der Waals surface area contributed by atoms with E-state index in [4.69, 9.17) is 0 Å². The topological polar surface area (TPSA) is 91.7 Å². The Balaban J connectivity index is 1.28. The summed E-state index contributed by atoms with van der Waals surface area (Å²) < 4.78 is 1.76. The molecule has 8 nitrogen and oxygen atoms in total. The molecule has 0 atom stereocenters. The Morgan fingerprint density at radius 2 is 2.04 bits per heavy atom. The molecule has 1 amide bonds. The molecule has 0 unspecified atom stereocenters. The van der Waals surface area contributed by atoms with Crippen LogP contribution >= 0.6 is 0 Å². The number of fused-ring (bicyclic) bond motifs is 1. The fourth-order valence-corrected chi connectivity index (χ4v) is 3.73. The van der Waals surface area contributed by atoms with Gasteiger partial charge in [-0.2, -0.15) is 5.10 Å². The third-order valence-electron chi connectivity index (χ3n) is 5.17. The van der Waals surface area contributed by atoms with Gasteiger partial charge in [0, 0.05) is 12.2 Å². The van der Waals surface area contributed by atoms with Gasteiger partial charge >= 0.3 is 0 Å². The highest BCUT2D eigenvalue weighted by Crippen LogP contribution is 2.22. The lowest BCUT2D eigenvalue weighted by Gasteiger charge is -2.25. The van der Waals surface area contributed by atoms with E-state index in [-0.39, 0.29) is 5.91 Å². The monoisotopic (exact) mass is 343 g/mol. The summed E-state index contributed by atoms with van der Waals surface area (Å²) in [7, 11) is 0. The predicted octanol–water partition coefficient (Wildman–Crippen LogP) is 0.906. The summed E-state index contributed by atoms with van der Waals surface area (Å²) in [4.78, 5) is 14.7. The van der Waals surface area contributed by atoms with Crippen LogP contribution in [0, 0.1) is 0 Å². The maximum atomic E-state index is 12.3. The summed E-state index contributed by atoms with van der Waals surface area (Å²) in [6.45, 7) is 4.49. The number of aryl methyl sites for hydroxylation is 1. The van der Waals surface area contributed by atoms with Gasteiger partial charge in [-0.25, -0.2) is 0 Å². The summed E-state index contributed by atoms with van der Waals surface area (Å²) in [6.07, 6.45) is 8.89. The van der Waals surface area contributed by atoms with E-state index in [1.807, 2.05) is 0 Å². The number of hydrogen-bond acceptors (Lipinski definition) is 5. The lowest BCUT2D eigenvalue weighted by molar-refractivity contribution is 0.0945. The Morgan fingerprint density at radius 1 is 1.16 bits per heavy atom. The molecule has 25 heavy (non-hydrogen) atoms. The van der Waals surface area contributed by atoms with Crippen molar-refractivity contribution in [1.82, 2.24) is 35.4 Å². The van der Waals surface area contributed by atoms with Crippen LogP contribution in [0.4, 0.5) is 0 Å². The lowest BCUT2D eigenvalue weighted by atomic mass is 10.1. The van der Waals surface area contributed by atoms with Crippen LogP contribution < -0.4 is 5.32 Å². The highest BCUT2D eigenvalue weighted by Gasteiger charge is 2.19. The van der Waals surface area contributed by atoms with Crippen LogP contribution in [0.3, 0.4) is 0 Å². The second-order valence-corrected chi connectivity index (χ2v) is 6.93. The van der Waals surface area contributed by atoms with Crippen LogP contribution in [-0.4, -0.2) is 55.6 Å². The maximum Gasteiger partial charge on any atom is 0.273 e. The number of rotatable bonds is 6. The van der Waals surface area contributed by atoms with Gasteiger partial charge in [0.25, 0.3) is 5.91 Å². The van der Waals surface area contributed by atoms with E-state index in [9.17, 15) is 4.79 Å². The first kappa shape index (κ1) is 16.3. The Kier molecular flexibility index (Phi) is 4.78. The number of piperidine rings is 1. The number of carbonyl (C=O) groups excluding carboxylic acids is 1. The number of amides is 1. The van der Waals surface area contributed by atoms with E-state index in [0.29, 0.717) is 12.2 Å². The molecule has 0 radical (unpaired) electrons. The number of aromatic amines is 1. The van der Waals surface area contributed by atoms with Gasteiger partial charge in [-0.05, 0) is 50.8 Å². The van der Waals surface area contributed by atoms with Crippen molar-refractivity contribution in [3.8, 4) is 0 Å². The second-order valence-electron chi connectivity index (χ2n) is 6.93. The van der Waals surface area contributed by atoms with Crippen LogP contribution in [0.5, 0.6) is 0 Å². The minimum atomic E-state index is -0.195. The van der Waals surface area contributed by atoms with Crippen LogP contribution in [0.1, 0.15) is 53.1 Å². The Morgan fingerprint density at radius 3 is 2.92 bits per heavy atom. The van der Waals surface area contributed by atoms with E-state index in [2.05, 4.69) is 30.7 Å². The molecule has 2 aromatic heterocycles. The summed E-state index contributed by atoms with van der Waals surface area (Å²) in [6, 6.07) is 0. The number of H-pyrrole nitrogens is 1. The molecule has 3 heterocycles. The number of carbonyl (C=O) groups is 1. The third kappa shape index (κ3) is 3.73. The van der Waals surface area contributed by atoms with E-state index < -0.39 is 0 Å². The summed E-state index contributed by atoms with van der Waals surface area (Å²) in [5.41, 5.74) is 3.79. The zero-order chi connectivity index (χ0) is 17.1. The molecule has 1 fully saturated rings. The average Bonchev–Trinajstić information content (AvgIpc) is 3.36. The number of aromatic nitrogens is 5. The van der Waals surface area contributed by atoms with Gasteiger partial charge in [0.05, 0.1) is 25.0 Å². The normalized spacial score (nSPS) is 17.6. The molecule has 134 valence electrons. The number of hydrogen-bond donors (Lipinski definition) is 2. The second kappa shape index (κ2) is 7.35. The molecule has 4 rings (SSSR count). The Labute approximate surface area is 147 Å². The van der Waals surface area contributed by atoms with Gasteiger partial charge in [0.1, 0.15) is 0 Å². The zero-order valence-corrected chi connectivity index (χ0v) is 14.5. The van der Waals surface area contributed by atoms with Crippen molar-refractivity contribution < 1.29 is 4.79 Å². The van der Waals surface area contributed by atoms with Gasteiger partial charge in [-0.15, -0.1) is 5.10 Å². The van der Waals surface area contributed by atoms with Crippen LogP contribution in [-0.2, 0) is 25.9 Å². The Bertz CT molecular complexity index is 729. The van der Waals surface area contributed by atoms with Crippen LogP contribution in [0.25, 0.3) is 0 Å². The summed E-state index contributed by atoms with van der Waals surface area (Å²) >= 11 is 0. The molecule has 1 aliphatic carbocycles. The van der Waals surface area contributed by atoms with E-state index in [1.54, 1.807) is 10.9 Å². The van der Waals surface area contributed by atoms with Gasteiger partial charge in [0.2, 0.25) is 0 Å². The van der Waals surface area contributed by atoms with Gasteiger partial charge in [0.15, 0.2) is 5.69 Å². The molecular formula is C17H25N7O. The van der Waals surface area contributed by atoms with Gasteiger partial charge in [-0.3, -0.25) is 14.6 Å². The molecule has 8 heteroatoms. The first-order chi connectivity index (χ1) is 12.3. The predicted molar refractivity (Wildman–Crippen MR) is 92.1 cm³/mol. The fraction of sp³-hybridized carbons (Fsp3) is 0.647. The number of nitrogens with one attached hydrogen (secondary N) is 2. The highest BCUT2D eigenvalue weighted by atomic mass is 16.2. The van der Waals surface area contributed by atoms with Crippen molar-refractivity contribution in [3.63, 3.8) is 0 Å². The molecular weight excluding hydrogens is 318 g/mol. The minimum absolute atomic E-state index is 0.195. The lowest BCUT2D eigenvalue weighted by Crippen LogP contribution is -2.32. The first-order valence-corrected chi connectivity index (χ1v) is 9.25. The van der Waals surface area contributed by atoms with Crippen molar-refractivity contribution in [3.05, 3.63) is 28.8 Å². The standard InChI is InChI=1S/C17H25N7O/c25-17(18-11-15-13-5-4-6-14(13)19-20-15)16-12-24(22-21-16)10-9-23-7-2-1-3-8-23/h12H,1-11H2,(H,18,25)(H,19,20). The maximum absolute atomic E-state index is 12.3. The van der Waals surface area contributed by atoms with Crippen LogP contribution in [0.15, 0.2) is 6.20 Å². The van der Waals surface area contributed by atoms with Crippen molar-refractivity contribution in [2.45, 2.75) is 51.6 Å². The first-order valence-electron chi connectivity index (χ1n) is 9.25. The highest BCUT2D eigenvalue weighted by molar-refractivity contribution is 5.91. The Hall–Kier alpha value is -2.22. The molecule has 0 aromatic carbocycles. The van der Waals surface area contributed by atoms with E-state index in [1.165, 1.54) is 30.5 Å². The molecule has 1 saturated heterocycles. The third-order valence-corrected chi connectivity index (χ3v) is 5.17. The van der Waals surface area contributed by atoms with Crippen molar-refractivity contribution in [1.29, 1.82) is 0 Å². The molecule has 2 aromatic rings. The van der Waals surface area contributed by atoms with Gasteiger partial charge < -0.3 is 10.2 Å². The van der Waals surface area contributed by atoms with Crippen molar-refractivity contribution in [2.24, 2.45) is 0 Å². The zero-order valence-electron chi connectivity index (χ0n) is 14.5. The summed E-state index contributed by atoms with van der Waals surface area (Å²) in [5, 5.41) is 18.4. The van der Waals surface area contributed by atoms with E-state index >= 15 is 0 Å². The SMILES string of the molecule is O=C(NCc1n[nH]c2c1CCC2)c1cn(CCN2CCCCC2)nn1. The summed E-state index contributed by atoms with van der Waals surface area (Å²) in [5.74, 6) is -0.195. The number of likely N-dealkylation sites (tertiary alicyclic amines) is 1. The molecule has 2 N–H and O–H groups in total. The van der Waals surface area contributed by atoms with Gasteiger partial charge in [-0.1, -0.05) is 11.6 Å². The molecule has 0 spiro atoms. The largest absolute Gasteiger partial charge is 0.345 e. The fourth-order valence-electron chi connectivity index (χ4n) is 3.73. The minimum Gasteiger partial charge on any atom is -0.345 e.